The van der Waals surface area contributed by atoms with Gasteiger partial charge < -0.3 is 14.7 Å². The summed E-state index contributed by atoms with van der Waals surface area (Å²) in [4.78, 5) is 32.6. The number of carboxylic acids is 1. The fraction of sp³-hybridized carbons (Fsp3) is 0.261. The van der Waals surface area contributed by atoms with E-state index in [-0.39, 0.29) is 11.5 Å². The Kier molecular flexibility index (Phi) is 7.02. The molecule has 1 fully saturated rings. The van der Waals surface area contributed by atoms with Gasteiger partial charge >= 0.3 is 5.97 Å². The summed E-state index contributed by atoms with van der Waals surface area (Å²) < 4.78 is 5.56. The Hall–Kier alpha value is -3.26. The van der Waals surface area contributed by atoms with Crippen molar-refractivity contribution in [3.8, 4) is 5.75 Å². The SMILES string of the molecule is CCN(CC)c1ccc(/C=C2\SC(=Nc3cccc(C(=O)O)c3)N(C)C2=O)c(OC)c1. The Morgan fingerprint density at radius 1 is 1.23 bits per heavy atom. The van der Waals surface area contributed by atoms with Crippen LogP contribution in [-0.4, -0.2) is 54.3 Å². The van der Waals surface area contributed by atoms with Gasteiger partial charge in [0.05, 0.1) is 23.3 Å². The molecule has 2 aromatic rings. The van der Waals surface area contributed by atoms with E-state index in [4.69, 9.17) is 9.84 Å². The summed E-state index contributed by atoms with van der Waals surface area (Å²) in [6, 6.07) is 12.2. The van der Waals surface area contributed by atoms with Gasteiger partial charge in [-0.15, -0.1) is 0 Å². The molecule has 8 heteroatoms. The second-order valence-corrected chi connectivity index (χ2v) is 7.83. The average Bonchev–Trinajstić information content (AvgIpc) is 3.03. The van der Waals surface area contributed by atoms with E-state index in [9.17, 15) is 9.59 Å². The van der Waals surface area contributed by atoms with Crippen LogP contribution < -0.4 is 9.64 Å². The second kappa shape index (κ2) is 9.70. The molecule has 1 N–H and O–H groups in total. The molecule has 0 aliphatic carbocycles. The van der Waals surface area contributed by atoms with Crippen LogP contribution in [0.1, 0.15) is 29.8 Å². The summed E-state index contributed by atoms with van der Waals surface area (Å²) in [7, 11) is 3.26. The Bertz CT molecular complexity index is 1060. The van der Waals surface area contributed by atoms with Gasteiger partial charge in [0.1, 0.15) is 5.75 Å². The molecule has 2 aromatic carbocycles. The van der Waals surface area contributed by atoms with Crippen LogP contribution in [-0.2, 0) is 4.79 Å². The highest BCUT2D eigenvalue weighted by Crippen LogP contribution is 2.35. The van der Waals surface area contributed by atoms with Gasteiger partial charge in [-0.3, -0.25) is 9.69 Å². The number of ether oxygens (including phenoxy) is 1. The minimum atomic E-state index is -1.02. The van der Waals surface area contributed by atoms with E-state index in [1.807, 2.05) is 18.2 Å². The number of anilines is 1. The highest BCUT2D eigenvalue weighted by molar-refractivity contribution is 8.18. The van der Waals surface area contributed by atoms with E-state index in [0.29, 0.717) is 21.5 Å². The number of hydrogen-bond donors (Lipinski definition) is 1. The molecule has 3 rings (SSSR count). The van der Waals surface area contributed by atoms with Gasteiger partial charge in [-0.2, -0.15) is 0 Å². The molecule has 1 aliphatic rings. The van der Waals surface area contributed by atoms with Crippen molar-refractivity contribution in [3.63, 3.8) is 0 Å². The van der Waals surface area contributed by atoms with E-state index in [1.165, 1.54) is 28.8 Å². The number of hydrogen-bond acceptors (Lipinski definition) is 6. The molecule has 0 saturated carbocycles. The molecule has 7 nitrogen and oxygen atoms in total. The lowest BCUT2D eigenvalue weighted by molar-refractivity contribution is -0.121. The molecule has 0 aromatic heterocycles. The number of nitrogens with zero attached hydrogens (tertiary/aromatic N) is 3. The molecule has 1 aliphatic heterocycles. The third-order valence-corrected chi connectivity index (χ3v) is 6.01. The van der Waals surface area contributed by atoms with Crippen LogP contribution in [0.4, 0.5) is 11.4 Å². The molecular formula is C23H25N3O4S. The van der Waals surface area contributed by atoms with Crippen LogP contribution in [0.15, 0.2) is 52.4 Å². The van der Waals surface area contributed by atoms with Crippen molar-refractivity contribution in [2.45, 2.75) is 13.8 Å². The second-order valence-electron chi connectivity index (χ2n) is 6.82. The number of thioether (sulfide) groups is 1. The summed E-state index contributed by atoms with van der Waals surface area (Å²) in [6.07, 6.45) is 1.80. The Morgan fingerprint density at radius 2 is 1.97 bits per heavy atom. The Balaban J connectivity index is 1.91. The van der Waals surface area contributed by atoms with Gasteiger partial charge in [0.15, 0.2) is 5.17 Å². The van der Waals surface area contributed by atoms with Gasteiger partial charge in [-0.05, 0) is 62.0 Å². The molecule has 0 unspecified atom stereocenters. The van der Waals surface area contributed by atoms with Crippen LogP contribution in [0.3, 0.4) is 0 Å². The number of aromatic carboxylic acids is 1. The lowest BCUT2D eigenvalue weighted by Crippen LogP contribution is -2.23. The first kappa shape index (κ1) is 22.4. The molecule has 0 bridgehead atoms. The highest BCUT2D eigenvalue weighted by atomic mass is 32.2. The Morgan fingerprint density at radius 3 is 2.61 bits per heavy atom. The number of rotatable bonds is 7. The van der Waals surface area contributed by atoms with E-state index in [2.05, 4.69) is 23.7 Å². The first-order valence-corrected chi connectivity index (χ1v) is 10.7. The van der Waals surface area contributed by atoms with Crippen LogP contribution in [0, 0.1) is 0 Å². The van der Waals surface area contributed by atoms with E-state index >= 15 is 0 Å². The molecule has 0 atom stereocenters. The zero-order chi connectivity index (χ0) is 22.5. The minimum absolute atomic E-state index is 0.146. The number of carbonyl (C=O) groups excluding carboxylic acids is 1. The third-order valence-electron chi connectivity index (χ3n) is 4.95. The van der Waals surface area contributed by atoms with Crippen molar-refractivity contribution in [1.82, 2.24) is 4.90 Å². The first-order valence-electron chi connectivity index (χ1n) is 9.90. The number of amides is 1. The maximum absolute atomic E-state index is 12.8. The number of amidine groups is 1. The number of methoxy groups -OCH3 is 1. The molecule has 1 saturated heterocycles. The molecule has 0 radical (unpaired) electrons. The fourth-order valence-electron chi connectivity index (χ4n) is 3.22. The topological polar surface area (TPSA) is 82.4 Å². The van der Waals surface area contributed by atoms with E-state index < -0.39 is 5.97 Å². The number of carboxylic acid groups (broad SMARTS) is 1. The number of aliphatic imine (C=N–C) groups is 1. The van der Waals surface area contributed by atoms with Crippen molar-refractivity contribution >= 4 is 46.3 Å². The van der Waals surface area contributed by atoms with Crippen molar-refractivity contribution in [2.24, 2.45) is 4.99 Å². The normalized spacial score (nSPS) is 16.3. The van der Waals surface area contributed by atoms with Gasteiger partial charge in [0.25, 0.3) is 5.91 Å². The number of benzene rings is 2. The zero-order valence-electron chi connectivity index (χ0n) is 18.0. The largest absolute Gasteiger partial charge is 0.496 e. The van der Waals surface area contributed by atoms with E-state index in [1.54, 1.807) is 32.4 Å². The highest BCUT2D eigenvalue weighted by Gasteiger charge is 2.30. The Labute approximate surface area is 186 Å². The van der Waals surface area contributed by atoms with Gasteiger partial charge in [0.2, 0.25) is 0 Å². The maximum Gasteiger partial charge on any atom is 0.335 e. The monoisotopic (exact) mass is 439 g/mol. The van der Waals surface area contributed by atoms with Gasteiger partial charge in [-0.1, -0.05) is 6.07 Å². The van der Waals surface area contributed by atoms with Crippen molar-refractivity contribution in [1.29, 1.82) is 0 Å². The third kappa shape index (κ3) is 4.91. The molecule has 31 heavy (non-hydrogen) atoms. The van der Waals surface area contributed by atoms with Gasteiger partial charge in [0, 0.05) is 37.5 Å². The lowest BCUT2D eigenvalue weighted by Gasteiger charge is -2.22. The summed E-state index contributed by atoms with van der Waals surface area (Å²) >= 11 is 1.24. The molecular weight excluding hydrogens is 414 g/mol. The minimum Gasteiger partial charge on any atom is -0.496 e. The molecule has 1 heterocycles. The van der Waals surface area contributed by atoms with Crippen molar-refractivity contribution in [2.75, 3.05) is 32.1 Å². The number of carbonyl (C=O) groups is 2. The van der Waals surface area contributed by atoms with Crippen LogP contribution >= 0.6 is 11.8 Å². The van der Waals surface area contributed by atoms with E-state index in [0.717, 1.165) is 24.3 Å². The van der Waals surface area contributed by atoms with Crippen molar-refractivity contribution in [3.05, 3.63) is 58.5 Å². The molecule has 1 amide bonds. The van der Waals surface area contributed by atoms with Crippen molar-refractivity contribution < 1.29 is 19.4 Å². The smallest absolute Gasteiger partial charge is 0.335 e. The summed E-state index contributed by atoms with van der Waals surface area (Å²) in [5.41, 5.74) is 2.49. The predicted molar refractivity (Wildman–Crippen MR) is 125 cm³/mol. The molecule has 162 valence electrons. The standard InChI is InChI=1S/C23H25N3O4S/c1-5-26(6-2)18-11-10-15(19(14-18)30-4)13-20-21(27)25(3)23(31-20)24-17-9-7-8-16(12-17)22(28)29/h7-14H,5-6H2,1-4H3,(H,28,29)/b20-13-,24-23?. The maximum atomic E-state index is 12.8. The van der Waals surface area contributed by atoms with Crippen LogP contribution in [0.5, 0.6) is 5.75 Å². The first-order chi connectivity index (χ1) is 14.9. The fourth-order valence-corrected chi connectivity index (χ4v) is 4.19. The summed E-state index contributed by atoms with van der Waals surface area (Å²) in [5.74, 6) is -0.507. The van der Waals surface area contributed by atoms with Crippen LogP contribution in [0.2, 0.25) is 0 Å². The average molecular weight is 440 g/mol. The summed E-state index contributed by atoms with van der Waals surface area (Å²) in [6.45, 7) is 5.98. The lowest BCUT2D eigenvalue weighted by atomic mass is 10.1. The quantitative estimate of drug-likeness (QED) is 0.641. The number of likely N-dealkylation sites (N-methyl/N-ethyl adjacent to an activating group) is 1. The molecule has 0 spiro atoms. The van der Waals surface area contributed by atoms with Gasteiger partial charge in [-0.25, -0.2) is 9.79 Å². The zero-order valence-corrected chi connectivity index (χ0v) is 18.8. The van der Waals surface area contributed by atoms with Crippen LogP contribution in [0.25, 0.3) is 6.08 Å². The summed E-state index contributed by atoms with van der Waals surface area (Å²) in [5, 5.41) is 9.65. The predicted octanol–water partition coefficient (Wildman–Crippen LogP) is 4.47.